The summed E-state index contributed by atoms with van der Waals surface area (Å²) in [6.45, 7) is 11.2. The predicted molar refractivity (Wildman–Crippen MR) is 91.5 cm³/mol. The normalized spacial score (nSPS) is 24.3. The molecule has 2 aliphatic rings. The lowest BCUT2D eigenvalue weighted by atomic mass is 10.2. The fourth-order valence-electron chi connectivity index (χ4n) is 3.17. The maximum Gasteiger partial charge on any atom is 0.193 e. The first-order valence-corrected chi connectivity index (χ1v) is 8.70. The van der Waals surface area contributed by atoms with E-state index >= 15 is 0 Å². The van der Waals surface area contributed by atoms with Crippen molar-refractivity contribution in [3.05, 3.63) is 0 Å². The molecule has 0 aromatic rings. The number of hydrogen-bond acceptors (Lipinski definition) is 4. The van der Waals surface area contributed by atoms with Gasteiger partial charge in [-0.2, -0.15) is 0 Å². The van der Waals surface area contributed by atoms with Crippen LogP contribution in [0.5, 0.6) is 0 Å². The standard InChI is InChI=1S/C16H33N5O/c1-4-17-16(18-7-5-8-19(2)3)21-9-6-15(14-21)20-10-12-22-13-11-20/h15H,4-14H2,1-3H3,(H,17,18). The molecule has 22 heavy (non-hydrogen) atoms. The summed E-state index contributed by atoms with van der Waals surface area (Å²) >= 11 is 0. The van der Waals surface area contributed by atoms with Crippen LogP contribution in [0.15, 0.2) is 4.99 Å². The van der Waals surface area contributed by atoms with E-state index in [4.69, 9.17) is 9.73 Å². The molecule has 0 bridgehead atoms. The molecule has 2 rings (SSSR count). The molecule has 1 N–H and O–H groups in total. The van der Waals surface area contributed by atoms with Gasteiger partial charge in [0.1, 0.15) is 0 Å². The Morgan fingerprint density at radius 3 is 2.73 bits per heavy atom. The van der Waals surface area contributed by atoms with Gasteiger partial charge in [0.05, 0.1) is 13.2 Å². The number of hydrogen-bond donors (Lipinski definition) is 1. The van der Waals surface area contributed by atoms with Crippen molar-refractivity contribution in [2.45, 2.75) is 25.8 Å². The molecule has 1 atom stereocenters. The summed E-state index contributed by atoms with van der Waals surface area (Å²) in [5, 5.41) is 3.46. The molecular formula is C16H33N5O. The van der Waals surface area contributed by atoms with Crippen molar-refractivity contribution >= 4 is 5.96 Å². The third kappa shape index (κ3) is 5.41. The topological polar surface area (TPSA) is 43.3 Å². The fourth-order valence-corrected chi connectivity index (χ4v) is 3.17. The van der Waals surface area contributed by atoms with Crippen LogP contribution in [0.2, 0.25) is 0 Å². The molecule has 2 aliphatic heterocycles. The van der Waals surface area contributed by atoms with Gasteiger partial charge in [-0.1, -0.05) is 0 Å². The van der Waals surface area contributed by atoms with E-state index in [0.717, 1.165) is 71.4 Å². The van der Waals surface area contributed by atoms with Gasteiger partial charge in [-0.3, -0.25) is 9.89 Å². The van der Waals surface area contributed by atoms with Crippen LogP contribution < -0.4 is 5.32 Å². The highest BCUT2D eigenvalue weighted by molar-refractivity contribution is 5.80. The van der Waals surface area contributed by atoms with Crippen molar-refractivity contribution in [2.75, 3.05) is 73.1 Å². The molecule has 0 saturated carbocycles. The van der Waals surface area contributed by atoms with Crippen LogP contribution >= 0.6 is 0 Å². The van der Waals surface area contributed by atoms with Gasteiger partial charge >= 0.3 is 0 Å². The SMILES string of the molecule is CCNC(=NCCCN(C)C)N1CCC(N2CCOCC2)C1. The number of nitrogens with one attached hydrogen (secondary N) is 1. The van der Waals surface area contributed by atoms with Gasteiger partial charge in [0.25, 0.3) is 0 Å². The number of aliphatic imine (C=N–C) groups is 1. The van der Waals surface area contributed by atoms with Gasteiger partial charge < -0.3 is 19.9 Å². The Morgan fingerprint density at radius 1 is 1.27 bits per heavy atom. The lowest BCUT2D eigenvalue weighted by Crippen LogP contribution is -2.46. The minimum atomic E-state index is 0.662. The van der Waals surface area contributed by atoms with Crippen molar-refractivity contribution in [1.82, 2.24) is 20.0 Å². The minimum absolute atomic E-state index is 0.662. The third-order valence-corrected chi connectivity index (χ3v) is 4.38. The zero-order chi connectivity index (χ0) is 15.8. The van der Waals surface area contributed by atoms with Crippen LogP contribution in [-0.4, -0.2) is 99.8 Å². The highest BCUT2D eigenvalue weighted by atomic mass is 16.5. The Bertz CT molecular complexity index is 341. The molecule has 2 fully saturated rings. The summed E-state index contributed by atoms with van der Waals surface area (Å²) in [5.74, 6) is 1.09. The van der Waals surface area contributed by atoms with E-state index in [2.05, 4.69) is 41.0 Å². The van der Waals surface area contributed by atoms with Crippen molar-refractivity contribution < 1.29 is 4.74 Å². The smallest absolute Gasteiger partial charge is 0.193 e. The number of guanidine groups is 1. The van der Waals surface area contributed by atoms with Crippen molar-refractivity contribution in [3.63, 3.8) is 0 Å². The first-order chi connectivity index (χ1) is 10.7. The molecule has 0 aromatic carbocycles. The average Bonchev–Trinajstić information content (AvgIpc) is 3.01. The van der Waals surface area contributed by atoms with E-state index in [1.54, 1.807) is 0 Å². The Balaban J connectivity index is 1.82. The zero-order valence-electron chi connectivity index (χ0n) is 14.6. The van der Waals surface area contributed by atoms with Gasteiger partial charge in [0.2, 0.25) is 0 Å². The molecule has 0 aliphatic carbocycles. The van der Waals surface area contributed by atoms with E-state index in [9.17, 15) is 0 Å². The summed E-state index contributed by atoms with van der Waals surface area (Å²) in [5.41, 5.74) is 0. The van der Waals surface area contributed by atoms with Crippen molar-refractivity contribution in [3.8, 4) is 0 Å². The summed E-state index contributed by atoms with van der Waals surface area (Å²) in [4.78, 5) is 12.0. The largest absolute Gasteiger partial charge is 0.379 e. The van der Waals surface area contributed by atoms with Crippen LogP contribution in [0.25, 0.3) is 0 Å². The summed E-state index contributed by atoms with van der Waals surface area (Å²) in [7, 11) is 4.23. The van der Waals surface area contributed by atoms with Crippen LogP contribution in [0, 0.1) is 0 Å². The Kier molecular flexibility index (Phi) is 7.42. The third-order valence-electron chi connectivity index (χ3n) is 4.38. The molecule has 0 spiro atoms. The molecule has 0 radical (unpaired) electrons. The Morgan fingerprint density at radius 2 is 2.05 bits per heavy atom. The van der Waals surface area contributed by atoms with Gasteiger partial charge in [0, 0.05) is 45.3 Å². The number of ether oxygens (including phenoxy) is 1. The summed E-state index contributed by atoms with van der Waals surface area (Å²) in [6, 6.07) is 0.662. The van der Waals surface area contributed by atoms with E-state index in [0.29, 0.717) is 6.04 Å². The molecule has 2 saturated heterocycles. The number of nitrogens with zero attached hydrogens (tertiary/aromatic N) is 4. The Hall–Kier alpha value is -0.850. The second kappa shape index (κ2) is 9.33. The quantitative estimate of drug-likeness (QED) is 0.434. The second-order valence-corrected chi connectivity index (χ2v) is 6.43. The van der Waals surface area contributed by atoms with Gasteiger partial charge in [0.15, 0.2) is 5.96 Å². The van der Waals surface area contributed by atoms with E-state index in [1.807, 2.05) is 0 Å². The molecule has 0 amide bonds. The fraction of sp³-hybridized carbons (Fsp3) is 0.938. The molecular weight excluding hydrogens is 278 g/mol. The van der Waals surface area contributed by atoms with Gasteiger partial charge in [-0.05, 0) is 40.4 Å². The molecule has 6 heteroatoms. The number of likely N-dealkylation sites (tertiary alicyclic amines) is 1. The highest BCUT2D eigenvalue weighted by Gasteiger charge is 2.30. The molecule has 6 nitrogen and oxygen atoms in total. The minimum Gasteiger partial charge on any atom is -0.379 e. The van der Waals surface area contributed by atoms with Gasteiger partial charge in [-0.15, -0.1) is 0 Å². The van der Waals surface area contributed by atoms with Crippen LogP contribution in [-0.2, 0) is 4.74 Å². The van der Waals surface area contributed by atoms with Crippen LogP contribution in [0.4, 0.5) is 0 Å². The highest BCUT2D eigenvalue weighted by Crippen LogP contribution is 2.17. The maximum absolute atomic E-state index is 5.46. The van der Waals surface area contributed by atoms with Crippen molar-refractivity contribution in [2.24, 2.45) is 4.99 Å². The molecule has 1 unspecified atom stereocenters. The summed E-state index contributed by atoms with van der Waals surface area (Å²) in [6.07, 6.45) is 2.35. The zero-order valence-corrected chi connectivity index (χ0v) is 14.6. The van der Waals surface area contributed by atoms with Gasteiger partial charge in [-0.25, -0.2) is 0 Å². The number of morpholine rings is 1. The first kappa shape index (κ1) is 17.5. The second-order valence-electron chi connectivity index (χ2n) is 6.43. The number of rotatable bonds is 6. The molecule has 128 valence electrons. The van der Waals surface area contributed by atoms with E-state index in [-0.39, 0.29) is 0 Å². The maximum atomic E-state index is 5.46. The van der Waals surface area contributed by atoms with Crippen LogP contribution in [0.3, 0.4) is 0 Å². The monoisotopic (exact) mass is 311 g/mol. The van der Waals surface area contributed by atoms with Crippen LogP contribution in [0.1, 0.15) is 19.8 Å². The molecule has 0 aromatic heterocycles. The van der Waals surface area contributed by atoms with E-state index < -0.39 is 0 Å². The average molecular weight is 311 g/mol. The predicted octanol–water partition coefficient (Wildman–Crippen LogP) is 0.310. The van der Waals surface area contributed by atoms with Crippen molar-refractivity contribution in [1.29, 1.82) is 0 Å². The molecule has 2 heterocycles. The van der Waals surface area contributed by atoms with E-state index in [1.165, 1.54) is 6.42 Å². The lowest BCUT2D eigenvalue weighted by Gasteiger charge is -2.32. The summed E-state index contributed by atoms with van der Waals surface area (Å²) < 4.78 is 5.46. The Labute approximate surface area is 135 Å². The lowest BCUT2D eigenvalue weighted by molar-refractivity contribution is 0.0195. The first-order valence-electron chi connectivity index (χ1n) is 8.70.